The van der Waals surface area contributed by atoms with Gasteiger partial charge in [-0.1, -0.05) is 31.4 Å². The predicted molar refractivity (Wildman–Crippen MR) is 101 cm³/mol. The number of amides is 1. The van der Waals surface area contributed by atoms with Crippen LogP contribution in [0.2, 0.25) is 0 Å². The van der Waals surface area contributed by atoms with Crippen molar-refractivity contribution in [1.29, 1.82) is 0 Å². The van der Waals surface area contributed by atoms with E-state index in [4.69, 9.17) is 0 Å². The van der Waals surface area contributed by atoms with Gasteiger partial charge in [-0.2, -0.15) is 13.2 Å². The van der Waals surface area contributed by atoms with Crippen molar-refractivity contribution in [1.82, 2.24) is 10.3 Å². The molecule has 0 saturated carbocycles. The molecule has 27 heavy (non-hydrogen) atoms. The number of hydrogen-bond donors (Lipinski definition) is 2. The van der Waals surface area contributed by atoms with Crippen LogP contribution in [0.3, 0.4) is 0 Å². The lowest BCUT2D eigenvalue weighted by molar-refractivity contribution is -0.137. The lowest BCUT2D eigenvalue weighted by atomic mass is 10.0. The molecule has 4 nitrogen and oxygen atoms in total. The van der Waals surface area contributed by atoms with Gasteiger partial charge < -0.3 is 10.6 Å². The minimum absolute atomic E-state index is 0.243. The highest BCUT2D eigenvalue weighted by Gasteiger charge is 2.30. The molecule has 2 rings (SSSR count). The van der Waals surface area contributed by atoms with E-state index in [9.17, 15) is 18.0 Å². The summed E-state index contributed by atoms with van der Waals surface area (Å²) >= 11 is 0. The van der Waals surface area contributed by atoms with E-state index in [2.05, 4.69) is 28.8 Å². The molecule has 1 heterocycles. The maximum absolute atomic E-state index is 12.6. The Morgan fingerprint density at radius 2 is 1.89 bits per heavy atom. The molecule has 7 heteroatoms. The fraction of sp³-hybridized carbons (Fsp3) is 0.200. The Morgan fingerprint density at radius 3 is 2.41 bits per heavy atom. The fourth-order valence-corrected chi connectivity index (χ4v) is 2.52. The van der Waals surface area contributed by atoms with Gasteiger partial charge in [0.1, 0.15) is 0 Å². The van der Waals surface area contributed by atoms with Crippen LogP contribution in [0.5, 0.6) is 0 Å². The third-order valence-electron chi connectivity index (χ3n) is 4.02. The molecule has 0 aliphatic carbocycles. The molecule has 2 aromatic rings. The van der Waals surface area contributed by atoms with E-state index in [0.717, 1.165) is 17.7 Å². The minimum Gasteiger partial charge on any atom is -0.323 e. The van der Waals surface area contributed by atoms with Gasteiger partial charge in [-0.15, -0.1) is 0 Å². The number of rotatable bonds is 7. The van der Waals surface area contributed by atoms with Gasteiger partial charge in [0.25, 0.3) is 0 Å². The zero-order valence-corrected chi connectivity index (χ0v) is 14.8. The summed E-state index contributed by atoms with van der Waals surface area (Å²) in [6, 6.07) is 5.86. The molecule has 0 aliphatic rings. The number of carbonyl (C=O) groups excluding carboxylic acids is 1. The number of pyridine rings is 1. The first-order valence-electron chi connectivity index (χ1n) is 8.17. The lowest BCUT2D eigenvalue weighted by Gasteiger charge is -2.17. The van der Waals surface area contributed by atoms with Crippen LogP contribution in [0.1, 0.15) is 22.4 Å². The summed E-state index contributed by atoms with van der Waals surface area (Å²) in [6.07, 6.45) is 0.562. The van der Waals surface area contributed by atoms with Crippen LogP contribution < -0.4 is 10.6 Å². The van der Waals surface area contributed by atoms with E-state index < -0.39 is 17.8 Å². The SMILES string of the molecule is C=Cc1cc(NC(=O)C(Cc2ccc(C(F)(F)F)cc2)NC)cnc1C=C. The molecule has 142 valence electrons. The highest BCUT2D eigenvalue weighted by molar-refractivity contribution is 5.95. The van der Waals surface area contributed by atoms with E-state index >= 15 is 0 Å². The molecule has 1 aromatic carbocycles. The van der Waals surface area contributed by atoms with E-state index in [0.29, 0.717) is 16.9 Å². The molecule has 0 spiro atoms. The fourth-order valence-electron chi connectivity index (χ4n) is 2.52. The van der Waals surface area contributed by atoms with Gasteiger partial charge in [-0.25, -0.2) is 0 Å². The molecule has 1 unspecified atom stereocenters. The maximum atomic E-state index is 12.6. The lowest BCUT2D eigenvalue weighted by Crippen LogP contribution is -2.40. The van der Waals surface area contributed by atoms with Crippen LogP contribution in [-0.4, -0.2) is 24.0 Å². The van der Waals surface area contributed by atoms with Gasteiger partial charge in [-0.05, 0) is 43.3 Å². The van der Waals surface area contributed by atoms with Gasteiger partial charge in [0.05, 0.1) is 29.2 Å². The van der Waals surface area contributed by atoms with Gasteiger partial charge in [-0.3, -0.25) is 9.78 Å². The van der Waals surface area contributed by atoms with Crippen molar-refractivity contribution in [3.8, 4) is 0 Å². The standard InChI is InChI=1S/C20H20F3N3O/c1-4-14-11-16(12-25-17(14)5-2)26-19(27)18(24-3)10-13-6-8-15(9-7-13)20(21,22)23/h4-9,11-12,18,24H,1-2,10H2,3H3,(H,26,27). The Morgan fingerprint density at radius 1 is 1.22 bits per heavy atom. The van der Waals surface area contributed by atoms with Crippen LogP contribution in [0.15, 0.2) is 49.7 Å². The quantitative estimate of drug-likeness (QED) is 0.764. The molecule has 2 N–H and O–H groups in total. The summed E-state index contributed by atoms with van der Waals surface area (Å²) in [4.78, 5) is 16.7. The summed E-state index contributed by atoms with van der Waals surface area (Å²) in [6.45, 7) is 7.36. The van der Waals surface area contributed by atoms with Crippen molar-refractivity contribution >= 4 is 23.7 Å². The van der Waals surface area contributed by atoms with E-state index in [-0.39, 0.29) is 12.3 Å². The molecular formula is C20H20F3N3O. The second-order valence-electron chi connectivity index (χ2n) is 5.84. The van der Waals surface area contributed by atoms with Crippen LogP contribution >= 0.6 is 0 Å². The van der Waals surface area contributed by atoms with E-state index in [1.165, 1.54) is 18.3 Å². The predicted octanol–water partition coefficient (Wildman–Crippen LogP) is 4.16. The molecule has 0 radical (unpaired) electrons. The number of carbonyl (C=O) groups is 1. The summed E-state index contributed by atoms with van der Waals surface area (Å²) in [5, 5.41) is 5.62. The Hall–Kier alpha value is -2.93. The number of anilines is 1. The van der Waals surface area contributed by atoms with Crippen molar-refractivity contribution < 1.29 is 18.0 Å². The van der Waals surface area contributed by atoms with Crippen molar-refractivity contribution in [3.05, 3.63) is 72.1 Å². The highest BCUT2D eigenvalue weighted by Crippen LogP contribution is 2.29. The first-order valence-corrected chi connectivity index (χ1v) is 8.17. The Balaban J connectivity index is 2.09. The normalized spacial score (nSPS) is 12.3. The molecule has 1 amide bonds. The van der Waals surface area contributed by atoms with Crippen molar-refractivity contribution in [3.63, 3.8) is 0 Å². The third-order valence-corrected chi connectivity index (χ3v) is 4.02. The van der Waals surface area contributed by atoms with Crippen molar-refractivity contribution in [2.45, 2.75) is 18.6 Å². The number of likely N-dealkylation sites (N-methyl/N-ethyl adjacent to an activating group) is 1. The summed E-state index contributed by atoms with van der Waals surface area (Å²) in [5.74, 6) is -0.319. The zero-order valence-electron chi connectivity index (χ0n) is 14.8. The maximum Gasteiger partial charge on any atom is 0.416 e. The van der Waals surface area contributed by atoms with E-state index in [1.807, 2.05) is 0 Å². The molecule has 0 saturated heterocycles. The van der Waals surface area contributed by atoms with Crippen LogP contribution in [0.25, 0.3) is 12.2 Å². The second-order valence-corrected chi connectivity index (χ2v) is 5.84. The Bertz CT molecular complexity index is 829. The number of alkyl halides is 3. The molecule has 0 bridgehead atoms. The number of nitrogens with one attached hydrogen (secondary N) is 2. The highest BCUT2D eigenvalue weighted by atomic mass is 19.4. The summed E-state index contributed by atoms with van der Waals surface area (Å²) in [7, 11) is 1.61. The Labute approximate surface area is 155 Å². The zero-order chi connectivity index (χ0) is 20.0. The van der Waals surface area contributed by atoms with Crippen LogP contribution in [-0.2, 0) is 17.4 Å². The smallest absolute Gasteiger partial charge is 0.323 e. The van der Waals surface area contributed by atoms with Crippen LogP contribution in [0.4, 0.5) is 18.9 Å². The average molecular weight is 375 g/mol. The largest absolute Gasteiger partial charge is 0.416 e. The van der Waals surface area contributed by atoms with E-state index in [1.54, 1.807) is 25.3 Å². The Kier molecular flexibility index (Phi) is 6.52. The van der Waals surface area contributed by atoms with Gasteiger partial charge in [0, 0.05) is 5.56 Å². The second kappa shape index (κ2) is 8.64. The summed E-state index contributed by atoms with van der Waals surface area (Å²) in [5.41, 5.74) is 1.77. The van der Waals surface area contributed by atoms with Gasteiger partial charge >= 0.3 is 6.18 Å². The van der Waals surface area contributed by atoms with Crippen molar-refractivity contribution in [2.24, 2.45) is 0 Å². The number of aromatic nitrogens is 1. The van der Waals surface area contributed by atoms with Gasteiger partial charge in [0.15, 0.2) is 0 Å². The number of hydrogen-bond acceptors (Lipinski definition) is 3. The summed E-state index contributed by atoms with van der Waals surface area (Å²) < 4.78 is 37.9. The minimum atomic E-state index is -4.38. The number of benzene rings is 1. The first-order chi connectivity index (χ1) is 12.8. The third kappa shape index (κ3) is 5.27. The molecular weight excluding hydrogens is 355 g/mol. The van der Waals surface area contributed by atoms with Crippen molar-refractivity contribution in [2.75, 3.05) is 12.4 Å². The molecule has 0 aliphatic heterocycles. The monoisotopic (exact) mass is 375 g/mol. The molecule has 1 aromatic heterocycles. The number of nitrogens with zero attached hydrogens (tertiary/aromatic N) is 1. The topological polar surface area (TPSA) is 54.0 Å². The average Bonchev–Trinajstić information content (AvgIpc) is 2.65. The molecule has 0 fully saturated rings. The number of halogens is 3. The first kappa shape index (κ1) is 20.4. The van der Waals surface area contributed by atoms with Gasteiger partial charge in [0.2, 0.25) is 5.91 Å². The molecule has 1 atom stereocenters. The van der Waals surface area contributed by atoms with Crippen LogP contribution in [0, 0.1) is 0 Å².